The summed E-state index contributed by atoms with van der Waals surface area (Å²) in [6.45, 7) is 0. The number of hydrogen-bond acceptors (Lipinski definition) is 5. The van der Waals surface area contributed by atoms with Crippen LogP contribution in [0.5, 0.6) is 0 Å². The maximum atomic E-state index is 12.4. The third kappa shape index (κ3) is 3.43. The molecule has 2 aromatic heterocycles. The molecule has 3 heterocycles. The average Bonchev–Trinajstić information content (AvgIpc) is 3.54. The SMILES string of the molecule is CN1c2ccc(C(O)(c3ccc(Cl)cc3)c3cncn3C)cc2C(c2cccc(Cl)c2)n2ncnc21. The molecule has 0 saturated carbocycles. The van der Waals surface area contributed by atoms with E-state index >= 15 is 0 Å². The molecular weight excluding hydrogens is 495 g/mol. The van der Waals surface area contributed by atoms with Gasteiger partial charge in [0.05, 0.1) is 18.2 Å². The van der Waals surface area contributed by atoms with E-state index in [9.17, 15) is 5.11 Å². The van der Waals surface area contributed by atoms with Crippen LogP contribution in [-0.2, 0) is 12.6 Å². The van der Waals surface area contributed by atoms with Crippen LogP contribution in [0.1, 0.15) is 34.0 Å². The number of aliphatic hydroxyl groups is 1. The molecule has 1 aliphatic rings. The molecule has 180 valence electrons. The lowest BCUT2D eigenvalue weighted by molar-refractivity contribution is 0.117. The van der Waals surface area contributed by atoms with Gasteiger partial charge in [0.15, 0.2) is 5.60 Å². The zero-order valence-corrected chi connectivity index (χ0v) is 21.1. The van der Waals surface area contributed by atoms with Crippen molar-refractivity contribution in [3.63, 3.8) is 0 Å². The van der Waals surface area contributed by atoms with Crippen molar-refractivity contribution in [2.75, 3.05) is 11.9 Å². The fourth-order valence-electron chi connectivity index (χ4n) is 5.07. The molecular formula is C27H22Cl2N6O. The van der Waals surface area contributed by atoms with Crippen LogP contribution >= 0.6 is 23.2 Å². The van der Waals surface area contributed by atoms with Gasteiger partial charge in [-0.2, -0.15) is 10.1 Å². The lowest BCUT2D eigenvalue weighted by atomic mass is 9.81. The fourth-order valence-corrected chi connectivity index (χ4v) is 5.39. The van der Waals surface area contributed by atoms with E-state index in [1.807, 2.05) is 82.8 Å². The molecule has 9 heteroatoms. The standard InChI is InChI=1S/C27H22Cl2N6O/c1-33-16-30-14-24(33)27(36,18-6-9-20(28)10-7-18)19-8-11-23-22(13-19)25(17-4-3-5-21(29)12-17)35-26(34(23)2)31-15-32-35/h3-16,25,36H,1-2H3. The maximum Gasteiger partial charge on any atom is 0.228 e. The van der Waals surface area contributed by atoms with Gasteiger partial charge in [-0.15, -0.1) is 0 Å². The Balaban J connectivity index is 1.61. The first-order valence-corrected chi connectivity index (χ1v) is 12.1. The lowest BCUT2D eigenvalue weighted by Gasteiger charge is -2.36. The normalized spacial score (nSPS) is 16.4. The highest BCUT2D eigenvalue weighted by molar-refractivity contribution is 6.30. The van der Waals surface area contributed by atoms with Crippen molar-refractivity contribution in [2.45, 2.75) is 11.6 Å². The van der Waals surface area contributed by atoms with E-state index in [1.165, 1.54) is 0 Å². The van der Waals surface area contributed by atoms with E-state index in [4.69, 9.17) is 23.2 Å². The van der Waals surface area contributed by atoms with Gasteiger partial charge in [-0.1, -0.05) is 53.5 Å². The number of aryl methyl sites for hydroxylation is 1. The molecule has 0 aliphatic carbocycles. The van der Waals surface area contributed by atoms with E-state index in [0.29, 0.717) is 26.9 Å². The topological polar surface area (TPSA) is 72.0 Å². The van der Waals surface area contributed by atoms with Crippen molar-refractivity contribution in [2.24, 2.45) is 7.05 Å². The molecule has 1 aliphatic heterocycles. The number of nitrogens with zero attached hydrogens (tertiary/aromatic N) is 6. The van der Waals surface area contributed by atoms with Gasteiger partial charge >= 0.3 is 0 Å². The molecule has 1 N–H and O–H groups in total. The molecule has 2 atom stereocenters. The maximum absolute atomic E-state index is 12.4. The minimum absolute atomic E-state index is 0.284. The Morgan fingerprint density at radius 1 is 0.917 bits per heavy atom. The molecule has 2 unspecified atom stereocenters. The lowest BCUT2D eigenvalue weighted by Crippen LogP contribution is -2.33. The average molecular weight is 517 g/mol. The molecule has 0 radical (unpaired) electrons. The summed E-state index contributed by atoms with van der Waals surface area (Å²) < 4.78 is 3.70. The van der Waals surface area contributed by atoms with Crippen molar-refractivity contribution < 1.29 is 5.11 Å². The van der Waals surface area contributed by atoms with E-state index in [1.54, 1.807) is 31.0 Å². The molecule has 36 heavy (non-hydrogen) atoms. The number of imidazole rings is 1. The van der Waals surface area contributed by atoms with Crippen LogP contribution in [0.15, 0.2) is 85.6 Å². The quantitative estimate of drug-likeness (QED) is 0.349. The summed E-state index contributed by atoms with van der Waals surface area (Å²) in [4.78, 5) is 10.8. The van der Waals surface area contributed by atoms with Crippen molar-refractivity contribution >= 4 is 34.8 Å². The highest BCUT2D eigenvalue weighted by atomic mass is 35.5. The zero-order chi connectivity index (χ0) is 25.0. The predicted octanol–water partition coefficient (Wildman–Crippen LogP) is 5.32. The van der Waals surface area contributed by atoms with E-state index in [2.05, 4.69) is 15.1 Å². The van der Waals surface area contributed by atoms with Gasteiger partial charge in [0, 0.05) is 35.4 Å². The highest BCUT2D eigenvalue weighted by Gasteiger charge is 2.39. The highest BCUT2D eigenvalue weighted by Crippen LogP contribution is 2.45. The Kier molecular flexibility index (Phi) is 5.37. The molecule has 0 bridgehead atoms. The number of anilines is 2. The number of halogens is 2. The zero-order valence-electron chi connectivity index (χ0n) is 19.5. The second-order valence-electron chi connectivity index (χ2n) is 8.90. The Bertz CT molecular complexity index is 1580. The summed E-state index contributed by atoms with van der Waals surface area (Å²) in [5, 5.41) is 18.2. The number of rotatable bonds is 4. The number of fused-ring (bicyclic) bond motifs is 2. The van der Waals surface area contributed by atoms with Crippen LogP contribution in [0.4, 0.5) is 11.6 Å². The molecule has 0 fully saturated rings. The summed E-state index contributed by atoms with van der Waals surface area (Å²) >= 11 is 12.6. The van der Waals surface area contributed by atoms with E-state index in [-0.39, 0.29) is 6.04 Å². The van der Waals surface area contributed by atoms with Crippen LogP contribution < -0.4 is 4.90 Å². The molecule has 0 amide bonds. The largest absolute Gasteiger partial charge is 0.374 e. The second kappa shape index (κ2) is 8.48. The Morgan fingerprint density at radius 3 is 2.42 bits per heavy atom. The van der Waals surface area contributed by atoms with Crippen molar-refractivity contribution in [3.8, 4) is 0 Å². The first-order chi connectivity index (χ1) is 17.4. The number of aromatic nitrogens is 5. The fraction of sp³-hybridized carbons (Fsp3) is 0.148. The molecule has 3 aromatic carbocycles. The van der Waals surface area contributed by atoms with Crippen LogP contribution in [-0.4, -0.2) is 36.5 Å². The van der Waals surface area contributed by atoms with E-state index < -0.39 is 5.60 Å². The molecule has 6 rings (SSSR count). The minimum Gasteiger partial charge on any atom is -0.374 e. The summed E-state index contributed by atoms with van der Waals surface area (Å²) in [6.07, 6.45) is 4.92. The van der Waals surface area contributed by atoms with Crippen LogP contribution in [0.3, 0.4) is 0 Å². The first kappa shape index (κ1) is 22.8. The third-order valence-electron chi connectivity index (χ3n) is 6.81. The van der Waals surface area contributed by atoms with Gasteiger partial charge in [-0.25, -0.2) is 9.67 Å². The van der Waals surface area contributed by atoms with Crippen molar-refractivity contribution in [3.05, 3.63) is 124 Å². The molecule has 5 aromatic rings. The van der Waals surface area contributed by atoms with E-state index in [0.717, 1.165) is 22.8 Å². The van der Waals surface area contributed by atoms with Crippen LogP contribution in [0, 0.1) is 0 Å². The van der Waals surface area contributed by atoms with Crippen molar-refractivity contribution in [1.29, 1.82) is 0 Å². The van der Waals surface area contributed by atoms with Gasteiger partial charge in [0.25, 0.3) is 0 Å². The van der Waals surface area contributed by atoms with Gasteiger partial charge in [0.1, 0.15) is 12.4 Å². The van der Waals surface area contributed by atoms with Gasteiger partial charge < -0.3 is 14.6 Å². The summed E-state index contributed by atoms with van der Waals surface area (Å²) in [6, 6.07) is 20.7. The Hall–Kier alpha value is -3.65. The molecule has 0 spiro atoms. The minimum atomic E-state index is -1.48. The summed E-state index contributed by atoms with van der Waals surface area (Å²) in [5.41, 5.74) is 3.42. The van der Waals surface area contributed by atoms with Crippen molar-refractivity contribution in [1.82, 2.24) is 24.3 Å². The van der Waals surface area contributed by atoms with Gasteiger partial charge in [0.2, 0.25) is 5.95 Å². The second-order valence-corrected chi connectivity index (χ2v) is 9.77. The van der Waals surface area contributed by atoms with Gasteiger partial charge in [-0.05, 0) is 53.1 Å². The van der Waals surface area contributed by atoms with Gasteiger partial charge in [-0.3, -0.25) is 0 Å². The smallest absolute Gasteiger partial charge is 0.228 e. The monoisotopic (exact) mass is 516 g/mol. The molecule has 0 saturated heterocycles. The third-order valence-corrected chi connectivity index (χ3v) is 7.30. The summed E-state index contributed by atoms with van der Waals surface area (Å²) in [5.74, 6) is 0.722. The Labute approximate surface area is 218 Å². The van der Waals surface area contributed by atoms with Crippen LogP contribution in [0.2, 0.25) is 10.0 Å². The Morgan fingerprint density at radius 2 is 1.69 bits per heavy atom. The first-order valence-electron chi connectivity index (χ1n) is 11.4. The summed E-state index contributed by atoms with van der Waals surface area (Å²) in [7, 11) is 3.82. The predicted molar refractivity (Wildman–Crippen MR) is 140 cm³/mol. The molecule has 7 nitrogen and oxygen atoms in total. The number of hydrogen-bond donors (Lipinski definition) is 1. The van der Waals surface area contributed by atoms with Crippen LogP contribution in [0.25, 0.3) is 0 Å². The number of benzene rings is 3.